The van der Waals surface area contributed by atoms with Crippen molar-refractivity contribution in [1.82, 2.24) is 0 Å². The highest BCUT2D eigenvalue weighted by Gasteiger charge is 2.31. The monoisotopic (exact) mass is 213 g/mol. The van der Waals surface area contributed by atoms with Crippen molar-refractivity contribution in [3.63, 3.8) is 0 Å². The number of hydrogen-bond donors (Lipinski definition) is 1. The molecule has 0 spiro atoms. The van der Waals surface area contributed by atoms with Gasteiger partial charge in [-0.3, -0.25) is 0 Å². The van der Waals surface area contributed by atoms with Gasteiger partial charge >= 0.3 is 0 Å². The zero-order valence-electron chi connectivity index (χ0n) is 9.65. The Balaban J connectivity index is 1.81. The summed E-state index contributed by atoms with van der Waals surface area (Å²) in [5.41, 5.74) is 6.26. The molecule has 0 aromatic heterocycles. The largest absolute Gasteiger partial charge is 0.376 e. The summed E-state index contributed by atoms with van der Waals surface area (Å²) in [6, 6.07) is 0.179. The van der Waals surface area contributed by atoms with Crippen LogP contribution in [-0.2, 0) is 9.47 Å². The molecule has 2 aliphatic rings. The molecule has 1 aliphatic carbocycles. The molecule has 15 heavy (non-hydrogen) atoms. The molecule has 2 fully saturated rings. The second-order valence-electron chi connectivity index (χ2n) is 5.08. The van der Waals surface area contributed by atoms with Crippen LogP contribution in [0.25, 0.3) is 0 Å². The predicted octanol–water partition coefficient (Wildman–Crippen LogP) is 1.56. The standard InChI is InChI=1S/C12H23NO2/c1-9-2-4-10(5-3-9)12(13)11-8-14-6-7-15-11/h9-12H,2-8,13H2,1H3. The smallest absolute Gasteiger partial charge is 0.0962 e. The molecular formula is C12H23NO2. The first-order valence-electron chi connectivity index (χ1n) is 6.22. The van der Waals surface area contributed by atoms with Crippen molar-refractivity contribution >= 4 is 0 Å². The summed E-state index contributed by atoms with van der Waals surface area (Å²) in [7, 11) is 0. The van der Waals surface area contributed by atoms with E-state index in [-0.39, 0.29) is 12.1 Å². The van der Waals surface area contributed by atoms with E-state index in [1.807, 2.05) is 0 Å². The molecule has 0 amide bonds. The van der Waals surface area contributed by atoms with E-state index in [0.717, 1.165) is 12.5 Å². The highest BCUT2D eigenvalue weighted by molar-refractivity contribution is 4.85. The van der Waals surface area contributed by atoms with Gasteiger partial charge < -0.3 is 15.2 Å². The van der Waals surface area contributed by atoms with Crippen LogP contribution < -0.4 is 5.73 Å². The van der Waals surface area contributed by atoms with Crippen LogP contribution in [0.4, 0.5) is 0 Å². The van der Waals surface area contributed by atoms with Gasteiger partial charge in [-0.05, 0) is 24.7 Å². The molecular weight excluding hydrogens is 190 g/mol. The van der Waals surface area contributed by atoms with E-state index in [2.05, 4.69) is 6.92 Å². The van der Waals surface area contributed by atoms with Gasteiger partial charge in [0.15, 0.2) is 0 Å². The fraction of sp³-hybridized carbons (Fsp3) is 1.00. The van der Waals surface area contributed by atoms with Gasteiger partial charge in [0.2, 0.25) is 0 Å². The minimum absolute atomic E-state index is 0.136. The molecule has 3 nitrogen and oxygen atoms in total. The Kier molecular flexibility index (Phi) is 4.00. The molecule has 0 radical (unpaired) electrons. The third kappa shape index (κ3) is 2.92. The Bertz CT molecular complexity index is 184. The summed E-state index contributed by atoms with van der Waals surface area (Å²) < 4.78 is 11.1. The van der Waals surface area contributed by atoms with Crippen molar-refractivity contribution in [3.8, 4) is 0 Å². The summed E-state index contributed by atoms with van der Waals surface area (Å²) >= 11 is 0. The fourth-order valence-corrected chi connectivity index (χ4v) is 2.70. The van der Waals surface area contributed by atoms with E-state index in [0.29, 0.717) is 19.1 Å². The molecule has 2 atom stereocenters. The zero-order valence-corrected chi connectivity index (χ0v) is 9.65. The molecule has 3 heteroatoms. The van der Waals surface area contributed by atoms with Gasteiger partial charge in [0, 0.05) is 6.04 Å². The Morgan fingerprint density at radius 3 is 2.47 bits per heavy atom. The first-order valence-corrected chi connectivity index (χ1v) is 6.22. The second kappa shape index (κ2) is 5.28. The molecule has 0 aromatic carbocycles. The average molecular weight is 213 g/mol. The van der Waals surface area contributed by atoms with Crippen molar-refractivity contribution in [2.45, 2.75) is 44.8 Å². The number of ether oxygens (including phenoxy) is 2. The van der Waals surface area contributed by atoms with Gasteiger partial charge in [-0.2, -0.15) is 0 Å². The van der Waals surface area contributed by atoms with Crippen LogP contribution in [0.5, 0.6) is 0 Å². The molecule has 0 aromatic rings. The molecule has 2 unspecified atom stereocenters. The Morgan fingerprint density at radius 2 is 1.87 bits per heavy atom. The SMILES string of the molecule is CC1CCC(C(N)C2COCCO2)CC1. The molecule has 2 rings (SSSR count). The quantitative estimate of drug-likeness (QED) is 0.757. The van der Waals surface area contributed by atoms with Crippen LogP contribution in [0, 0.1) is 11.8 Å². The summed E-state index contributed by atoms with van der Waals surface area (Å²) in [6.07, 6.45) is 5.32. The van der Waals surface area contributed by atoms with Gasteiger partial charge in [0.05, 0.1) is 25.9 Å². The topological polar surface area (TPSA) is 44.5 Å². The van der Waals surface area contributed by atoms with Crippen molar-refractivity contribution in [2.24, 2.45) is 17.6 Å². The van der Waals surface area contributed by atoms with E-state index in [9.17, 15) is 0 Å². The molecule has 1 saturated heterocycles. The number of nitrogens with two attached hydrogens (primary N) is 1. The van der Waals surface area contributed by atoms with Crippen molar-refractivity contribution in [3.05, 3.63) is 0 Å². The Morgan fingerprint density at radius 1 is 1.13 bits per heavy atom. The van der Waals surface area contributed by atoms with Crippen LogP contribution in [0.1, 0.15) is 32.6 Å². The minimum atomic E-state index is 0.136. The van der Waals surface area contributed by atoms with Crippen molar-refractivity contribution in [2.75, 3.05) is 19.8 Å². The molecule has 88 valence electrons. The van der Waals surface area contributed by atoms with Crippen molar-refractivity contribution in [1.29, 1.82) is 0 Å². The fourth-order valence-electron chi connectivity index (χ4n) is 2.70. The summed E-state index contributed by atoms with van der Waals surface area (Å²) in [6.45, 7) is 4.46. The van der Waals surface area contributed by atoms with Crippen LogP contribution >= 0.6 is 0 Å². The normalized spacial score (nSPS) is 40.0. The van der Waals surface area contributed by atoms with E-state index in [4.69, 9.17) is 15.2 Å². The van der Waals surface area contributed by atoms with E-state index >= 15 is 0 Å². The predicted molar refractivity (Wildman–Crippen MR) is 59.7 cm³/mol. The third-order valence-electron chi connectivity index (χ3n) is 3.88. The number of rotatable bonds is 2. The lowest BCUT2D eigenvalue weighted by Gasteiger charge is -2.36. The van der Waals surface area contributed by atoms with Gasteiger partial charge in [-0.25, -0.2) is 0 Å². The summed E-state index contributed by atoms with van der Waals surface area (Å²) in [5.74, 6) is 1.53. The lowest BCUT2D eigenvalue weighted by molar-refractivity contribution is -0.105. The molecule has 1 heterocycles. The molecule has 0 bridgehead atoms. The van der Waals surface area contributed by atoms with Crippen molar-refractivity contribution < 1.29 is 9.47 Å². The van der Waals surface area contributed by atoms with Crippen LogP contribution in [0.2, 0.25) is 0 Å². The third-order valence-corrected chi connectivity index (χ3v) is 3.88. The first-order chi connectivity index (χ1) is 7.27. The molecule has 1 aliphatic heterocycles. The highest BCUT2D eigenvalue weighted by Crippen LogP contribution is 2.31. The summed E-state index contributed by atoms with van der Waals surface area (Å²) in [5, 5.41) is 0. The van der Waals surface area contributed by atoms with Crippen LogP contribution in [-0.4, -0.2) is 32.0 Å². The zero-order chi connectivity index (χ0) is 10.7. The van der Waals surface area contributed by atoms with Gasteiger partial charge in [-0.15, -0.1) is 0 Å². The van der Waals surface area contributed by atoms with Gasteiger partial charge in [-0.1, -0.05) is 19.8 Å². The summed E-state index contributed by atoms with van der Waals surface area (Å²) in [4.78, 5) is 0. The van der Waals surface area contributed by atoms with E-state index in [1.165, 1.54) is 25.7 Å². The maximum Gasteiger partial charge on any atom is 0.0962 e. The second-order valence-corrected chi connectivity index (χ2v) is 5.08. The maximum absolute atomic E-state index is 6.26. The van der Waals surface area contributed by atoms with Gasteiger partial charge in [0.25, 0.3) is 0 Å². The highest BCUT2D eigenvalue weighted by atomic mass is 16.6. The Hall–Kier alpha value is -0.120. The Labute approximate surface area is 92.3 Å². The molecule has 2 N–H and O–H groups in total. The van der Waals surface area contributed by atoms with E-state index < -0.39 is 0 Å². The maximum atomic E-state index is 6.26. The lowest BCUT2D eigenvalue weighted by Crippen LogP contribution is -2.48. The van der Waals surface area contributed by atoms with Crippen LogP contribution in [0.15, 0.2) is 0 Å². The number of hydrogen-bond acceptors (Lipinski definition) is 3. The average Bonchev–Trinajstić information content (AvgIpc) is 2.30. The first kappa shape index (κ1) is 11.4. The lowest BCUT2D eigenvalue weighted by atomic mass is 9.78. The minimum Gasteiger partial charge on any atom is -0.376 e. The van der Waals surface area contributed by atoms with Crippen LogP contribution in [0.3, 0.4) is 0 Å². The van der Waals surface area contributed by atoms with Gasteiger partial charge in [0.1, 0.15) is 0 Å². The molecule has 1 saturated carbocycles. The van der Waals surface area contributed by atoms with E-state index in [1.54, 1.807) is 0 Å².